The zero-order chi connectivity index (χ0) is 11.8. The van der Waals surface area contributed by atoms with Crippen molar-refractivity contribution in [3.63, 3.8) is 0 Å². The predicted octanol–water partition coefficient (Wildman–Crippen LogP) is 2.05. The third-order valence-electron chi connectivity index (χ3n) is 2.64. The molecule has 4 nitrogen and oxygen atoms in total. The number of nitrogens with one attached hydrogen (secondary N) is 1. The number of hydrogen-bond acceptors (Lipinski definition) is 3. The van der Waals surface area contributed by atoms with E-state index in [4.69, 9.17) is 9.47 Å². The van der Waals surface area contributed by atoms with Crippen LogP contribution in [0.2, 0.25) is 0 Å². The first-order valence-corrected chi connectivity index (χ1v) is 5.16. The largest absolute Gasteiger partial charge is 0.493 e. The van der Waals surface area contributed by atoms with Crippen molar-refractivity contribution in [2.75, 3.05) is 19.0 Å². The zero-order valence-electron chi connectivity index (χ0n) is 9.66. The van der Waals surface area contributed by atoms with Crippen molar-refractivity contribution in [3.8, 4) is 11.5 Å². The van der Waals surface area contributed by atoms with Crippen molar-refractivity contribution in [2.45, 2.75) is 13.8 Å². The SMILES string of the molecule is COc1cccc2c1OCC(C)(C)C(=O)N2. The molecule has 0 unspecified atom stereocenters. The highest BCUT2D eigenvalue weighted by molar-refractivity contribution is 5.97. The first-order valence-electron chi connectivity index (χ1n) is 5.16. The molecule has 1 aromatic rings. The Labute approximate surface area is 94.6 Å². The lowest BCUT2D eigenvalue weighted by Gasteiger charge is -2.18. The number of anilines is 1. The molecule has 16 heavy (non-hydrogen) atoms. The van der Waals surface area contributed by atoms with E-state index in [1.165, 1.54) is 0 Å². The lowest BCUT2D eigenvalue weighted by atomic mass is 9.94. The third kappa shape index (κ3) is 1.71. The Hall–Kier alpha value is -1.71. The number of fused-ring (bicyclic) bond motifs is 1. The summed E-state index contributed by atoms with van der Waals surface area (Å²) in [5.41, 5.74) is 0.124. The Balaban J connectivity index is 2.44. The minimum Gasteiger partial charge on any atom is -0.493 e. The van der Waals surface area contributed by atoms with E-state index in [9.17, 15) is 4.79 Å². The van der Waals surface area contributed by atoms with E-state index in [-0.39, 0.29) is 5.91 Å². The van der Waals surface area contributed by atoms with Crippen molar-refractivity contribution in [1.29, 1.82) is 0 Å². The van der Waals surface area contributed by atoms with Crippen LogP contribution in [0, 0.1) is 5.41 Å². The van der Waals surface area contributed by atoms with Crippen LogP contribution in [-0.4, -0.2) is 19.6 Å². The van der Waals surface area contributed by atoms with Crippen molar-refractivity contribution in [1.82, 2.24) is 0 Å². The molecule has 1 aromatic carbocycles. The third-order valence-corrected chi connectivity index (χ3v) is 2.64. The van der Waals surface area contributed by atoms with Crippen LogP contribution < -0.4 is 14.8 Å². The number of hydrogen-bond donors (Lipinski definition) is 1. The molecule has 2 rings (SSSR count). The highest BCUT2D eigenvalue weighted by Crippen LogP contribution is 2.39. The molecule has 4 heteroatoms. The fraction of sp³-hybridized carbons (Fsp3) is 0.417. The minimum absolute atomic E-state index is 0.0421. The van der Waals surface area contributed by atoms with E-state index in [2.05, 4.69) is 5.32 Å². The molecule has 1 N–H and O–H groups in total. The Bertz CT molecular complexity index is 426. The van der Waals surface area contributed by atoms with Crippen molar-refractivity contribution < 1.29 is 14.3 Å². The first-order chi connectivity index (χ1) is 7.54. The van der Waals surface area contributed by atoms with Gasteiger partial charge in [0.25, 0.3) is 0 Å². The summed E-state index contributed by atoms with van der Waals surface area (Å²) in [6.07, 6.45) is 0. The second-order valence-corrected chi connectivity index (χ2v) is 4.46. The summed E-state index contributed by atoms with van der Waals surface area (Å²) in [5.74, 6) is 1.19. The van der Waals surface area contributed by atoms with Crippen LogP contribution >= 0.6 is 0 Å². The molecule has 0 bridgehead atoms. The van der Waals surface area contributed by atoms with Gasteiger partial charge in [0.1, 0.15) is 6.61 Å². The number of methoxy groups -OCH3 is 1. The van der Waals surface area contributed by atoms with Crippen LogP contribution in [0.5, 0.6) is 11.5 Å². The van der Waals surface area contributed by atoms with Gasteiger partial charge in [-0.05, 0) is 26.0 Å². The molecule has 0 fully saturated rings. The van der Waals surface area contributed by atoms with E-state index < -0.39 is 5.41 Å². The van der Waals surface area contributed by atoms with Gasteiger partial charge in [-0.25, -0.2) is 0 Å². The average molecular weight is 221 g/mol. The Morgan fingerprint density at radius 3 is 2.88 bits per heavy atom. The Morgan fingerprint density at radius 2 is 2.19 bits per heavy atom. The Morgan fingerprint density at radius 1 is 1.44 bits per heavy atom. The summed E-state index contributed by atoms with van der Waals surface area (Å²) in [6.45, 7) is 4.04. The maximum atomic E-state index is 11.9. The van der Waals surface area contributed by atoms with E-state index in [0.29, 0.717) is 23.8 Å². The molecule has 0 aromatic heterocycles. The number of rotatable bonds is 1. The molecule has 1 aliphatic heterocycles. The van der Waals surface area contributed by atoms with Crippen molar-refractivity contribution in [3.05, 3.63) is 18.2 Å². The van der Waals surface area contributed by atoms with Crippen LogP contribution in [0.1, 0.15) is 13.8 Å². The maximum absolute atomic E-state index is 11.9. The number of carbonyl (C=O) groups is 1. The zero-order valence-corrected chi connectivity index (χ0v) is 9.66. The molecule has 0 spiro atoms. The van der Waals surface area contributed by atoms with Gasteiger partial charge in [0, 0.05) is 0 Å². The maximum Gasteiger partial charge on any atom is 0.233 e. The molecular weight excluding hydrogens is 206 g/mol. The molecule has 0 radical (unpaired) electrons. The average Bonchev–Trinajstić information content (AvgIpc) is 2.37. The molecule has 0 atom stereocenters. The van der Waals surface area contributed by atoms with Gasteiger partial charge < -0.3 is 14.8 Å². The molecule has 0 aliphatic carbocycles. The fourth-order valence-electron chi connectivity index (χ4n) is 1.53. The van der Waals surface area contributed by atoms with Gasteiger partial charge in [-0.15, -0.1) is 0 Å². The van der Waals surface area contributed by atoms with Gasteiger partial charge in [0.05, 0.1) is 18.2 Å². The van der Waals surface area contributed by atoms with Gasteiger partial charge in [0.2, 0.25) is 5.91 Å². The molecule has 0 saturated heterocycles. The number of amides is 1. The second-order valence-electron chi connectivity index (χ2n) is 4.46. The molecule has 1 heterocycles. The van der Waals surface area contributed by atoms with Crippen LogP contribution in [0.3, 0.4) is 0 Å². The van der Waals surface area contributed by atoms with Gasteiger partial charge in [-0.3, -0.25) is 4.79 Å². The topological polar surface area (TPSA) is 47.6 Å². The highest BCUT2D eigenvalue weighted by atomic mass is 16.5. The number of benzene rings is 1. The fourth-order valence-corrected chi connectivity index (χ4v) is 1.53. The predicted molar refractivity (Wildman–Crippen MR) is 60.9 cm³/mol. The van der Waals surface area contributed by atoms with E-state index in [0.717, 1.165) is 0 Å². The van der Waals surface area contributed by atoms with Crippen molar-refractivity contribution in [2.24, 2.45) is 5.41 Å². The second kappa shape index (κ2) is 3.70. The lowest BCUT2D eigenvalue weighted by molar-refractivity contribution is -0.124. The van der Waals surface area contributed by atoms with Gasteiger partial charge >= 0.3 is 0 Å². The summed E-state index contributed by atoms with van der Waals surface area (Å²) in [6, 6.07) is 5.43. The molecular formula is C12H15NO3. The normalized spacial score (nSPS) is 17.8. The van der Waals surface area contributed by atoms with Crippen LogP contribution in [0.4, 0.5) is 5.69 Å². The minimum atomic E-state index is -0.538. The van der Waals surface area contributed by atoms with Crippen LogP contribution in [0.15, 0.2) is 18.2 Å². The molecule has 1 amide bonds. The summed E-state index contributed by atoms with van der Waals surface area (Å²) in [4.78, 5) is 11.9. The standard InChI is InChI=1S/C12H15NO3/c1-12(2)7-16-10-8(13-11(12)14)5-4-6-9(10)15-3/h4-6H,7H2,1-3H3,(H,13,14). The quantitative estimate of drug-likeness (QED) is 0.789. The highest BCUT2D eigenvalue weighted by Gasteiger charge is 2.33. The van der Waals surface area contributed by atoms with E-state index in [1.807, 2.05) is 26.0 Å². The summed E-state index contributed by atoms with van der Waals surface area (Å²) in [7, 11) is 1.58. The first kappa shape index (κ1) is 10.8. The molecule has 86 valence electrons. The van der Waals surface area contributed by atoms with Gasteiger partial charge in [-0.1, -0.05) is 6.07 Å². The number of para-hydroxylation sites is 1. The summed E-state index contributed by atoms with van der Waals surface area (Å²) >= 11 is 0. The monoisotopic (exact) mass is 221 g/mol. The lowest BCUT2D eigenvalue weighted by Crippen LogP contribution is -2.33. The summed E-state index contributed by atoms with van der Waals surface area (Å²) in [5, 5.41) is 2.84. The Kier molecular flexibility index (Phi) is 2.50. The summed E-state index contributed by atoms with van der Waals surface area (Å²) < 4.78 is 10.8. The van der Waals surface area contributed by atoms with Gasteiger partial charge in [0.15, 0.2) is 11.5 Å². The van der Waals surface area contributed by atoms with Gasteiger partial charge in [-0.2, -0.15) is 0 Å². The van der Waals surface area contributed by atoms with E-state index >= 15 is 0 Å². The van der Waals surface area contributed by atoms with E-state index in [1.54, 1.807) is 13.2 Å². The van der Waals surface area contributed by atoms with Crippen LogP contribution in [0.25, 0.3) is 0 Å². The molecule has 1 aliphatic rings. The smallest absolute Gasteiger partial charge is 0.233 e. The molecule has 0 saturated carbocycles. The van der Waals surface area contributed by atoms with Crippen molar-refractivity contribution >= 4 is 11.6 Å². The number of ether oxygens (including phenoxy) is 2. The van der Waals surface area contributed by atoms with Crippen LogP contribution in [-0.2, 0) is 4.79 Å². The number of carbonyl (C=O) groups excluding carboxylic acids is 1.